The third kappa shape index (κ3) is 3.82. The van der Waals surface area contributed by atoms with Crippen LogP contribution in [0.4, 0.5) is 0 Å². The number of unbranched alkanes of at least 4 members (excludes halogenated alkanes) is 1. The van der Waals surface area contributed by atoms with Crippen molar-refractivity contribution in [2.24, 2.45) is 5.73 Å². The maximum absolute atomic E-state index is 5.80. The van der Waals surface area contributed by atoms with E-state index in [1.807, 2.05) is 0 Å². The van der Waals surface area contributed by atoms with Crippen LogP contribution in [0.2, 0.25) is 0 Å². The van der Waals surface area contributed by atoms with Crippen LogP contribution >= 0.6 is 0 Å². The number of nitrogens with zero attached hydrogens (tertiary/aromatic N) is 1. The Bertz CT molecular complexity index is 358. The van der Waals surface area contributed by atoms with Crippen LogP contribution in [-0.2, 0) is 13.0 Å². The molecule has 2 heteroatoms. The molecule has 0 bridgehead atoms. The quantitative estimate of drug-likeness (QED) is 0.764. The molecule has 0 heterocycles. The molecule has 1 aromatic rings. The second-order valence-electron chi connectivity index (χ2n) is 5.34. The van der Waals surface area contributed by atoms with Crippen LogP contribution in [0, 0.1) is 0 Å². The average Bonchev–Trinajstić information content (AvgIpc) is 3.24. The Morgan fingerprint density at radius 1 is 1.17 bits per heavy atom. The van der Waals surface area contributed by atoms with Crippen molar-refractivity contribution in [1.29, 1.82) is 0 Å². The third-order valence-electron chi connectivity index (χ3n) is 3.87. The summed E-state index contributed by atoms with van der Waals surface area (Å²) in [5.41, 5.74) is 8.54. The highest BCUT2D eigenvalue weighted by molar-refractivity contribution is 5.27. The van der Waals surface area contributed by atoms with Gasteiger partial charge in [-0.25, -0.2) is 0 Å². The minimum absolute atomic E-state index is 0.661. The van der Waals surface area contributed by atoms with E-state index in [0.29, 0.717) is 6.54 Å². The summed E-state index contributed by atoms with van der Waals surface area (Å²) in [5, 5.41) is 0. The summed E-state index contributed by atoms with van der Waals surface area (Å²) in [6.07, 6.45) is 6.58. The molecule has 1 aromatic carbocycles. The van der Waals surface area contributed by atoms with Gasteiger partial charge in [-0.1, -0.05) is 37.6 Å². The topological polar surface area (TPSA) is 29.3 Å². The predicted octanol–water partition coefficient (Wildman–Crippen LogP) is 2.95. The van der Waals surface area contributed by atoms with E-state index >= 15 is 0 Å². The summed E-state index contributed by atoms with van der Waals surface area (Å²) in [4.78, 5) is 2.68. The van der Waals surface area contributed by atoms with Crippen LogP contribution in [0.3, 0.4) is 0 Å². The van der Waals surface area contributed by atoms with Crippen LogP contribution in [0.5, 0.6) is 0 Å². The molecule has 0 unspecified atom stereocenters. The average molecular weight is 246 g/mol. The Labute approximate surface area is 111 Å². The van der Waals surface area contributed by atoms with Gasteiger partial charge < -0.3 is 10.6 Å². The second-order valence-corrected chi connectivity index (χ2v) is 5.34. The van der Waals surface area contributed by atoms with Gasteiger partial charge in [-0.05, 0) is 43.4 Å². The zero-order valence-electron chi connectivity index (χ0n) is 11.6. The molecule has 0 amide bonds. The van der Waals surface area contributed by atoms with E-state index in [1.165, 1.54) is 49.9 Å². The first-order valence-electron chi connectivity index (χ1n) is 7.36. The summed E-state index contributed by atoms with van der Waals surface area (Å²) in [6, 6.07) is 9.47. The van der Waals surface area contributed by atoms with Crippen LogP contribution < -0.4 is 5.73 Å². The molecule has 0 aromatic heterocycles. The van der Waals surface area contributed by atoms with Gasteiger partial charge in [-0.2, -0.15) is 0 Å². The lowest BCUT2D eigenvalue weighted by Crippen LogP contribution is -2.29. The van der Waals surface area contributed by atoms with Crippen molar-refractivity contribution >= 4 is 0 Å². The molecule has 1 fully saturated rings. The standard InChI is InChI=1S/C16H26N2/c1-2-3-11-18(16-8-9-16)12-10-14-6-4-5-7-15(14)13-17/h4-7,16H,2-3,8-13,17H2,1H3. The van der Waals surface area contributed by atoms with Gasteiger partial charge in [0.05, 0.1) is 0 Å². The van der Waals surface area contributed by atoms with Crippen molar-refractivity contribution in [3.05, 3.63) is 35.4 Å². The van der Waals surface area contributed by atoms with Crippen LogP contribution in [0.1, 0.15) is 43.7 Å². The number of hydrogen-bond donors (Lipinski definition) is 1. The molecule has 100 valence electrons. The minimum atomic E-state index is 0.661. The van der Waals surface area contributed by atoms with Gasteiger partial charge in [-0.15, -0.1) is 0 Å². The summed E-state index contributed by atoms with van der Waals surface area (Å²) < 4.78 is 0. The summed E-state index contributed by atoms with van der Waals surface area (Å²) in [5.74, 6) is 0. The molecular weight excluding hydrogens is 220 g/mol. The van der Waals surface area contributed by atoms with Crippen LogP contribution in [-0.4, -0.2) is 24.0 Å². The van der Waals surface area contributed by atoms with Crippen molar-refractivity contribution in [3.63, 3.8) is 0 Å². The first kappa shape index (κ1) is 13.6. The van der Waals surface area contributed by atoms with E-state index in [2.05, 4.69) is 36.1 Å². The molecule has 1 aliphatic carbocycles. The monoisotopic (exact) mass is 246 g/mol. The van der Waals surface area contributed by atoms with Crippen molar-refractivity contribution < 1.29 is 0 Å². The lowest BCUT2D eigenvalue weighted by Gasteiger charge is -2.22. The maximum Gasteiger partial charge on any atom is 0.0180 e. The van der Waals surface area contributed by atoms with E-state index in [4.69, 9.17) is 5.73 Å². The molecule has 1 aliphatic rings. The minimum Gasteiger partial charge on any atom is -0.326 e. The normalized spacial score (nSPS) is 15.3. The zero-order chi connectivity index (χ0) is 12.8. The number of hydrogen-bond acceptors (Lipinski definition) is 2. The highest BCUT2D eigenvalue weighted by Crippen LogP contribution is 2.27. The lowest BCUT2D eigenvalue weighted by atomic mass is 10.0. The Morgan fingerprint density at radius 3 is 2.50 bits per heavy atom. The lowest BCUT2D eigenvalue weighted by molar-refractivity contribution is 0.262. The Morgan fingerprint density at radius 2 is 1.89 bits per heavy atom. The van der Waals surface area contributed by atoms with Gasteiger partial charge in [0.15, 0.2) is 0 Å². The van der Waals surface area contributed by atoms with E-state index < -0.39 is 0 Å². The molecule has 0 saturated heterocycles. The molecule has 1 saturated carbocycles. The van der Waals surface area contributed by atoms with Gasteiger partial charge in [0.25, 0.3) is 0 Å². The molecule has 2 N–H and O–H groups in total. The SMILES string of the molecule is CCCCN(CCc1ccccc1CN)C1CC1. The van der Waals surface area contributed by atoms with Crippen molar-refractivity contribution in [2.75, 3.05) is 13.1 Å². The van der Waals surface area contributed by atoms with Crippen LogP contribution in [0.15, 0.2) is 24.3 Å². The zero-order valence-corrected chi connectivity index (χ0v) is 11.6. The Kier molecular flexibility index (Phi) is 5.21. The maximum atomic E-state index is 5.80. The van der Waals surface area contributed by atoms with Crippen LogP contribution in [0.25, 0.3) is 0 Å². The van der Waals surface area contributed by atoms with Gasteiger partial charge in [-0.3, -0.25) is 0 Å². The van der Waals surface area contributed by atoms with Gasteiger partial charge in [0.2, 0.25) is 0 Å². The number of benzene rings is 1. The van der Waals surface area contributed by atoms with Gasteiger partial charge in [0.1, 0.15) is 0 Å². The molecule has 0 radical (unpaired) electrons. The predicted molar refractivity (Wildman–Crippen MR) is 77.5 cm³/mol. The van der Waals surface area contributed by atoms with E-state index in [1.54, 1.807) is 0 Å². The fourth-order valence-electron chi connectivity index (χ4n) is 2.54. The molecule has 0 spiro atoms. The first-order chi connectivity index (χ1) is 8.85. The molecule has 0 atom stereocenters. The Hall–Kier alpha value is -0.860. The van der Waals surface area contributed by atoms with Gasteiger partial charge in [0, 0.05) is 19.1 Å². The summed E-state index contributed by atoms with van der Waals surface area (Å²) in [7, 11) is 0. The molecule has 2 rings (SSSR count). The number of nitrogens with two attached hydrogens (primary N) is 1. The third-order valence-corrected chi connectivity index (χ3v) is 3.87. The van der Waals surface area contributed by atoms with Crippen molar-refractivity contribution in [1.82, 2.24) is 4.90 Å². The highest BCUT2D eigenvalue weighted by Gasteiger charge is 2.27. The van der Waals surface area contributed by atoms with E-state index in [-0.39, 0.29) is 0 Å². The largest absolute Gasteiger partial charge is 0.326 e. The van der Waals surface area contributed by atoms with E-state index in [9.17, 15) is 0 Å². The fraction of sp³-hybridized carbons (Fsp3) is 0.625. The number of rotatable bonds is 8. The summed E-state index contributed by atoms with van der Waals surface area (Å²) >= 11 is 0. The first-order valence-corrected chi connectivity index (χ1v) is 7.36. The molecule has 0 aliphatic heterocycles. The molecular formula is C16H26N2. The smallest absolute Gasteiger partial charge is 0.0180 e. The highest BCUT2D eigenvalue weighted by atomic mass is 15.2. The van der Waals surface area contributed by atoms with Crippen molar-refractivity contribution in [2.45, 2.75) is 51.6 Å². The van der Waals surface area contributed by atoms with E-state index in [0.717, 1.165) is 12.5 Å². The summed E-state index contributed by atoms with van der Waals surface area (Å²) in [6.45, 7) is 5.40. The molecule has 18 heavy (non-hydrogen) atoms. The van der Waals surface area contributed by atoms with Crippen molar-refractivity contribution in [3.8, 4) is 0 Å². The second kappa shape index (κ2) is 6.91. The Balaban J connectivity index is 1.88. The molecule has 2 nitrogen and oxygen atoms in total. The fourth-order valence-corrected chi connectivity index (χ4v) is 2.54. The van der Waals surface area contributed by atoms with Gasteiger partial charge >= 0.3 is 0 Å².